The van der Waals surface area contributed by atoms with Gasteiger partial charge in [-0.3, -0.25) is 5.10 Å². The number of rotatable bonds is 7. The fourth-order valence-corrected chi connectivity index (χ4v) is 3.44. The molecule has 0 unspecified atom stereocenters. The van der Waals surface area contributed by atoms with E-state index < -0.39 is 0 Å². The minimum absolute atomic E-state index is 0.315. The lowest BCUT2D eigenvalue weighted by atomic mass is 10.2. The van der Waals surface area contributed by atoms with Crippen LogP contribution in [0.5, 0.6) is 0 Å². The number of nitrogens with one attached hydrogen (secondary N) is 5. The third kappa shape index (κ3) is 5.45. The Kier molecular flexibility index (Phi) is 5.59. The first-order valence-electron chi connectivity index (χ1n) is 10.8. The van der Waals surface area contributed by atoms with Gasteiger partial charge in [0.15, 0.2) is 5.82 Å². The molecule has 2 aromatic heterocycles. The van der Waals surface area contributed by atoms with Crippen molar-refractivity contribution < 1.29 is 4.79 Å². The summed E-state index contributed by atoms with van der Waals surface area (Å²) < 4.78 is 0. The number of urea groups is 1. The van der Waals surface area contributed by atoms with Crippen LogP contribution in [0.4, 0.5) is 39.4 Å². The first-order chi connectivity index (χ1) is 16.1. The Balaban J connectivity index is 1.21. The molecular formula is C24H24N8O. The maximum atomic E-state index is 12.3. The normalized spacial score (nSPS) is 12.8. The first-order valence-corrected chi connectivity index (χ1v) is 10.8. The fourth-order valence-electron chi connectivity index (χ4n) is 3.44. The lowest BCUT2D eigenvalue weighted by Gasteiger charge is -2.11. The average molecular weight is 441 g/mol. The van der Waals surface area contributed by atoms with Gasteiger partial charge in [-0.15, -0.1) is 0 Å². The minimum Gasteiger partial charge on any atom is -0.324 e. The maximum Gasteiger partial charge on any atom is 0.323 e. The Morgan fingerprint density at radius 3 is 2.45 bits per heavy atom. The molecule has 166 valence electrons. The van der Waals surface area contributed by atoms with Crippen molar-refractivity contribution in [2.75, 3.05) is 21.3 Å². The van der Waals surface area contributed by atoms with Gasteiger partial charge >= 0.3 is 6.03 Å². The van der Waals surface area contributed by atoms with Crippen molar-refractivity contribution in [1.29, 1.82) is 0 Å². The van der Waals surface area contributed by atoms with Crippen molar-refractivity contribution in [3.05, 3.63) is 78.1 Å². The van der Waals surface area contributed by atoms with E-state index in [1.54, 1.807) is 12.3 Å². The van der Waals surface area contributed by atoms with Gasteiger partial charge in [-0.2, -0.15) is 10.1 Å². The number of amides is 2. The number of benzene rings is 2. The number of aryl methyl sites for hydroxylation is 1. The van der Waals surface area contributed by atoms with Crippen LogP contribution in [0.3, 0.4) is 0 Å². The highest BCUT2D eigenvalue weighted by atomic mass is 16.2. The van der Waals surface area contributed by atoms with Gasteiger partial charge in [0, 0.05) is 40.9 Å². The fraction of sp³-hybridized carbons (Fsp3) is 0.167. The second kappa shape index (κ2) is 8.99. The van der Waals surface area contributed by atoms with E-state index in [0.717, 1.165) is 28.5 Å². The summed E-state index contributed by atoms with van der Waals surface area (Å²) in [4.78, 5) is 21.1. The Hall–Kier alpha value is -4.40. The highest BCUT2D eigenvalue weighted by Gasteiger charge is 2.25. The molecule has 33 heavy (non-hydrogen) atoms. The summed E-state index contributed by atoms with van der Waals surface area (Å²) in [6, 6.07) is 18.5. The molecule has 4 aromatic rings. The number of nitrogens with zero attached hydrogens (tertiary/aromatic N) is 3. The minimum atomic E-state index is -0.315. The number of aromatic amines is 1. The molecule has 1 aliphatic rings. The molecule has 9 nitrogen and oxygen atoms in total. The first kappa shape index (κ1) is 20.5. The molecule has 5 N–H and O–H groups in total. The lowest BCUT2D eigenvalue weighted by molar-refractivity contribution is 0.262. The van der Waals surface area contributed by atoms with E-state index in [4.69, 9.17) is 0 Å². The molecule has 2 aromatic carbocycles. The largest absolute Gasteiger partial charge is 0.324 e. The molecule has 1 aliphatic carbocycles. The van der Waals surface area contributed by atoms with E-state index >= 15 is 0 Å². The molecule has 2 heterocycles. The predicted octanol–water partition coefficient (Wildman–Crippen LogP) is 5.52. The Bertz CT molecular complexity index is 1280. The molecule has 1 saturated carbocycles. The van der Waals surface area contributed by atoms with Gasteiger partial charge in [-0.05, 0) is 61.7 Å². The van der Waals surface area contributed by atoms with Crippen LogP contribution in [0.1, 0.15) is 30.0 Å². The number of carbonyl (C=O) groups is 1. The molecule has 0 saturated heterocycles. The Morgan fingerprint density at radius 2 is 1.67 bits per heavy atom. The molecule has 1 fully saturated rings. The number of anilines is 6. The van der Waals surface area contributed by atoms with Gasteiger partial charge < -0.3 is 21.3 Å². The predicted molar refractivity (Wildman–Crippen MR) is 129 cm³/mol. The van der Waals surface area contributed by atoms with Gasteiger partial charge in [0.05, 0.1) is 0 Å². The van der Waals surface area contributed by atoms with Crippen molar-refractivity contribution in [2.24, 2.45) is 0 Å². The van der Waals surface area contributed by atoms with Crippen molar-refractivity contribution >= 4 is 40.7 Å². The summed E-state index contributed by atoms with van der Waals surface area (Å²) in [6.07, 6.45) is 4.10. The van der Waals surface area contributed by atoms with Crippen LogP contribution in [0.2, 0.25) is 0 Å². The molecule has 0 aliphatic heterocycles. The summed E-state index contributed by atoms with van der Waals surface area (Å²) in [7, 11) is 0. The van der Waals surface area contributed by atoms with E-state index in [0.29, 0.717) is 23.4 Å². The van der Waals surface area contributed by atoms with Crippen LogP contribution in [-0.4, -0.2) is 26.2 Å². The van der Waals surface area contributed by atoms with Crippen molar-refractivity contribution in [2.45, 2.75) is 25.7 Å². The molecular weight excluding hydrogens is 416 g/mol. The molecule has 9 heteroatoms. The topological polar surface area (TPSA) is 120 Å². The SMILES string of the molecule is Cc1cccc(NC(=O)Nc2cccc(Nc3nccc(Nc4cc(C5CC5)[nH]n4)n3)c2)c1. The van der Waals surface area contributed by atoms with E-state index in [1.165, 1.54) is 12.8 Å². The van der Waals surface area contributed by atoms with Crippen LogP contribution in [0.15, 0.2) is 66.9 Å². The van der Waals surface area contributed by atoms with E-state index in [1.807, 2.05) is 61.5 Å². The number of aromatic nitrogens is 4. The number of hydrogen-bond acceptors (Lipinski definition) is 6. The third-order valence-corrected chi connectivity index (χ3v) is 5.18. The molecule has 5 rings (SSSR count). The van der Waals surface area contributed by atoms with Gasteiger partial charge in [-0.25, -0.2) is 9.78 Å². The summed E-state index contributed by atoms with van der Waals surface area (Å²) in [6.45, 7) is 1.98. The Morgan fingerprint density at radius 1 is 0.909 bits per heavy atom. The van der Waals surface area contributed by atoms with Crippen molar-refractivity contribution in [1.82, 2.24) is 20.2 Å². The summed E-state index contributed by atoms with van der Waals surface area (Å²) in [5, 5.41) is 19.4. The van der Waals surface area contributed by atoms with Gasteiger partial charge in [-0.1, -0.05) is 18.2 Å². The average Bonchev–Trinajstić information content (AvgIpc) is 3.53. The summed E-state index contributed by atoms with van der Waals surface area (Å²) >= 11 is 0. The van der Waals surface area contributed by atoms with Gasteiger partial charge in [0.2, 0.25) is 5.95 Å². The van der Waals surface area contributed by atoms with Crippen LogP contribution >= 0.6 is 0 Å². The zero-order chi connectivity index (χ0) is 22.6. The Labute approximate surface area is 191 Å². The molecule has 2 amide bonds. The van der Waals surface area contributed by atoms with E-state index in [-0.39, 0.29) is 6.03 Å². The van der Waals surface area contributed by atoms with Gasteiger partial charge in [0.25, 0.3) is 0 Å². The van der Waals surface area contributed by atoms with E-state index in [9.17, 15) is 4.79 Å². The maximum absolute atomic E-state index is 12.3. The highest BCUT2D eigenvalue weighted by Crippen LogP contribution is 2.39. The standard InChI is InChI=1S/C24H24N8O/c1-15-4-2-5-17(12-15)27-24(33)28-19-7-3-6-18(13-19)26-23-25-11-10-21(30-23)29-22-14-20(31-32-22)16-8-9-16/h2-7,10-14,16H,8-9H2,1H3,(H2,27,28,33)(H3,25,26,29,30,31,32). The number of H-pyrrole nitrogens is 1. The molecule has 0 atom stereocenters. The van der Waals surface area contributed by atoms with Crippen LogP contribution in [-0.2, 0) is 0 Å². The van der Waals surface area contributed by atoms with Crippen molar-refractivity contribution in [3.8, 4) is 0 Å². The second-order valence-electron chi connectivity index (χ2n) is 8.03. The van der Waals surface area contributed by atoms with E-state index in [2.05, 4.69) is 41.4 Å². The lowest BCUT2D eigenvalue weighted by Crippen LogP contribution is -2.19. The van der Waals surface area contributed by atoms with Crippen LogP contribution in [0.25, 0.3) is 0 Å². The summed E-state index contributed by atoms with van der Waals surface area (Å²) in [5.41, 5.74) is 4.35. The molecule has 0 spiro atoms. The quantitative estimate of drug-likeness (QED) is 0.258. The van der Waals surface area contributed by atoms with Crippen molar-refractivity contribution in [3.63, 3.8) is 0 Å². The van der Waals surface area contributed by atoms with Crippen LogP contribution < -0.4 is 21.3 Å². The van der Waals surface area contributed by atoms with Crippen LogP contribution in [0, 0.1) is 6.92 Å². The highest BCUT2D eigenvalue weighted by molar-refractivity contribution is 6.00. The molecule has 0 radical (unpaired) electrons. The van der Waals surface area contributed by atoms with Gasteiger partial charge in [0.1, 0.15) is 5.82 Å². The third-order valence-electron chi connectivity index (χ3n) is 5.18. The molecule has 0 bridgehead atoms. The zero-order valence-electron chi connectivity index (χ0n) is 18.1. The zero-order valence-corrected chi connectivity index (χ0v) is 18.1. The number of carbonyl (C=O) groups excluding carboxylic acids is 1. The second-order valence-corrected chi connectivity index (χ2v) is 8.03. The summed E-state index contributed by atoms with van der Waals surface area (Å²) in [5.74, 6) is 2.40. The monoisotopic (exact) mass is 440 g/mol. The smallest absolute Gasteiger partial charge is 0.323 e. The number of hydrogen-bond donors (Lipinski definition) is 5.